The van der Waals surface area contributed by atoms with Gasteiger partial charge in [0.25, 0.3) is 0 Å². The topological polar surface area (TPSA) is 79.6 Å². The predicted octanol–water partition coefficient (Wildman–Crippen LogP) is 4.34. The van der Waals surface area contributed by atoms with Gasteiger partial charge in [-0.3, -0.25) is 4.98 Å². The lowest BCUT2D eigenvalue weighted by Gasteiger charge is -2.30. The fourth-order valence-electron chi connectivity index (χ4n) is 5.21. The van der Waals surface area contributed by atoms with Crippen molar-refractivity contribution in [3.05, 3.63) is 82.9 Å². The molecule has 0 bridgehead atoms. The van der Waals surface area contributed by atoms with Gasteiger partial charge in [0, 0.05) is 36.4 Å². The first-order valence-electron chi connectivity index (χ1n) is 11.6. The summed E-state index contributed by atoms with van der Waals surface area (Å²) >= 11 is 5.81. The van der Waals surface area contributed by atoms with Crippen molar-refractivity contribution in [1.82, 2.24) is 19.8 Å². The lowest BCUT2D eigenvalue weighted by atomic mass is 9.96. The van der Waals surface area contributed by atoms with E-state index < -0.39 is 5.97 Å². The van der Waals surface area contributed by atoms with Crippen LogP contribution in [0, 0.1) is 13.8 Å². The summed E-state index contributed by atoms with van der Waals surface area (Å²) in [6.07, 6.45) is 4.06. The van der Waals surface area contributed by atoms with Crippen LogP contribution in [0.25, 0.3) is 5.69 Å². The van der Waals surface area contributed by atoms with E-state index in [2.05, 4.69) is 32.8 Å². The number of pyridine rings is 1. The monoisotopic (exact) mass is 476 g/mol. The number of hydrogen-bond acceptors (Lipinski definition) is 4. The molecule has 0 unspecified atom stereocenters. The molecule has 4 heterocycles. The SMILES string of the molecule is Cc1cc([C@H]2[C@H](c3ccccn3)NC(=S)N2C[C@@H]2CCCO2)c(C)n1-c1cccc(C(=O)O)c1. The third-order valence-corrected chi connectivity index (χ3v) is 7.11. The average Bonchev–Trinajstić information content (AvgIpc) is 3.53. The van der Waals surface area contributed by atoms with Crippen molar-refractivity contribution in [2.45, 2.75) is 44.9 Å². The maximum Gasteiger partial charge on any atom is 0.335 e. The molecule has 0 saturated carbocycles. The number of nitrogens with zero attached hydrogens (tertiary/aromatic N) is 3. The molecule has 0 amide bonds. The van der Waals surface area contributed by atoms with Crippen LogP contribution in [0.2, 0.25) is 0 Å². The Bertz CT molecular complexity index is 1220. The Morgan fingerprint density at radius 3 is 2.79 bits per heavy atom. The number of aromatic nitrogens is 2. The lowest BCUT2D eigenvalue weighted by Crippen LogP contribution is -2.36. The molecule has 3 atom stereocenters. The van der Waals surface area contributed by atoms with Crippen LogP contribution in [0.4, 0.5) is 0 Å². The molecule has 2 aromatic heterocycles. The molecule has 34 heavy (non-hydrogen) atoms. The van der Waals surface area contributed by atoms with E-state index in [1.807, 2.05) is 31.2 Å². The maximum atomic E-state index is 11.6. The van der Waals surface area contributed by atoms with Crippen molar-refractivity contribution in [2.24, 2.45) is 0 Å². The highest BCUT2D eigenvalue weighted by Crippen LogP contribution is 2.42. The summed E-state index contributed by atoms with van der Waals surface area (Å²) in [6.45, 7) is 5.64. The number of carbonyl (C=O) groups is 1. The zero-order chi connectivity index (χ0) is 23.8. The number of ether oxygens (including phenoxy) is 1. The van der Waals surface area contributed by atoms with Gasteiger partial charge in [-0.05, 0) is 80.9 Å². The van der Waals surface area contributed by atoms with Crippen LogP contribution in [-0.2, 0) is 4.74 Å². The van der Waals surface area contributed by atoms with E-state index in [4.69, 9.17) is 17.0 Å². The van der Waals surface area contributed by atoms with E-state index in [-0.39, 0.29) is 23.8 Å². The Morgan fingerprint density at radius 2 is 2.09 bits per heavy atom. The zero-order valence-corrected chi connectivity index (χ0v) is 20.1. The number of aromatic carboxylic acids is 1. The molecule has 2 N–H and O–H groups in total. The first kappa shape index (κ1) is 22.6. The van der Waals surface area contributed by atoms with Gasteiger partial charge in [0.05, 0.1) is 29.4 Å². The number of nitrogens with one attached hydrogen (secondary N) is 1. The molecule has 2 saturated heterocycles. The predicted molar refractivity (Wildman–Crippen MR) is 133 cm³/mol. The third-order valence-electron chi connectivity index (χ3n) is 6.76. The summed E-state index contributed by atoms with van der Waals surface area (Å²) in [7, 11) is 0. The smallest absolute Gasteiger partial charge is 0.335 e. The molecule has 2 aliphatic rings. The van der Waals surface area contributed by atoms with E-state index in [1.165, 1.54) is 0 Å². The molecular weight excluding hydrogens is 448 g/mol. The van der Waals surface area contributed by atoms with Crippen LogP contribution in [0.15, 0.2) is 54.7 Å². The van der Waals surface area contributed by atoms with Gasteiger partial charge in [-0.15, -0.1) is 0 Å². The molecule has 0 aliphatic carbocycles. The highest BCUT2D eigenvalue weighted by molar-refractivity contribution is 7.80. The highest BCUT2D eigenvalue weighted by Gasteiger charge is 2.42. The Kier molecular flexibility index (Phi) is 6.10. The Hall–Kier alpha value is -3.23. The number of carboxylic acid groups (broad SMARTS) is 1. The quantitative estimate of drug-likeness (QED) is 0.513. The second kappa shape index (κ2) is 9.19. The van der Waals surface area contributed by atoms with Crippen LogP contribution in [0.3, 0.4) is 0 Å². The minimum Gasteiger partial charge on any atom is -0.478 e. The highest BCUT2D eigenvalue weighted by atomic mass is 32.1. The van der Waals surface area contributed by atoms with Crippen LogP contribution in [-0.4, -0.2) is 49.9 Å². The average molecular weight is 477 g/mol. The fourth-order valence-corrected chi connectivity index (χ4v) is 5.53. The van der Waals surface area contributed by atoms with Crippen LogP contribution < -0.4 is 5.32 Å². The molecular formula is C26H28N4O3S. The summed E-state index contributed by atoms with van der Waals surface area (Å²) in [5.74, 6) is -0.937. The Balaban J connectivity index is 1.59. The molecule has 7 nitrogen and oxygen atoms in total. The second-order valence-corrected chi connectivity index (χ2v) is 9.32. The molecule has 0 radical (unpaired) electrons. The lowest BCUT2D eigenvalue weighted by molar-refractivity contribution is 0.0696. The molecule has 5 rings (SSSR count). The van der Waals surface area contributed by atoms with E-state index in [1.54, 1.807) is 24.4 Å². The van der Waals surface area contributed by atoms with Crippen LogP contribution in [0.5, 0.6) is 0 Å². The largest absolute Gasteiger partial charge is 0.478 e. The molecule has 1 aromatic carbocycles. The molecule has 8 heteroatoms. The summed E-state index contributed by atoms with van der Waals surface area (Å²) in [5.41, 5.74) is 5.25. The van der Waals surface area contributed by atoms with Gasteiger partial charge in [0.2, 0.25) is 0 Å². The molecule has 176 valence electrons. The zero-order valence-electron chi connectivity index (χ0n) is 19.3. The first-order chi connectivity index (χ1) is 16.4. The second-order valence-electron chi connectivity index (χ2n) is 8.93. The molecule has 2 aliphatic heterocycles. The number of benzene rings is 1. The fraction of sp³-hybridized carbons (Fsp3) is 0.346. The number of rotatable bonds is 6. The Labute approximate surface area is 204 Å². The maximum absolute atomic E-state index is 11.6. The van der Waals surface area contributed by atoms with Crippen LogP contribution in [0.1, 0.15) is 57.9 Å². The summed E-state index contributed by atoms with van der Waals surface area (Å²) in [6, 6.07) is 15.0. The number of carboxylic acids is 1. The summed E-state index contributed by atoms with van der Waals surface area (Å²) in [4.78, 5) is 18.4. The van der Waals surface area contributed by atoms with Gasteiger partial charge in [-0.2, -0.15) is 0 Å². The Morgan fingerprint density at radius 1 is 1.24 bits per heavy atom. The molecule has 2 fully saturated rings. The van der Waals surface area contributed by atoms with Crippen molar-refractivity contribution < 1.29 is 14.6 Å². The minimum atomic E-state index is -0.937. The van der Waals surface area contributed by atoms with Crippen molar-refractivity contribution >= 4 is 23.3 Å². The summed E-state index contributed by atoms with van der Waals surface area (Å²) < 4.78 is 8.06. The summed E-state index contributed by atoms with van der Waals surface area (Å²) in [5, 5.41) is 13.7. The van der Waals surface area contributed by atoms with Crippen molar-refractivity contribution in [3.63, 3.8) is 0 Å². The van der Waals surface area contributed by atoms with E-state index in [9.17, 15) is 9.90 Å². The molecule has 0 spiro atoms. The van der Waals surface area contributed by atoms with Gasteiger partial charge >= 0.3 is 5.97 Å². The van der Waals surface area contributed by atoms with Gasteiger partial charge in [-0.25, -0.2) is 4.79 Å². The third kappa shape index (κ3) is 4.08. The normalized spacial score (nSPS) is 22.2. The van der Waals surface area contributed by atoms with Crippen molar-refractivity contribution in [2.75, 3.05) is 13.2 Å². The van der Waals surface area contributed by atoms with Crippen molar-refractivity contribution in [1.29, 1.82) is 0 Å². The first-order valence-corrected chi connectivity index (χ1v) is 12.0. The van der Waals surface area contributed by atoms with Gasteiger partial charge in [-0.1, -0.05) is 12.1 Å². The van der Waals surface area contributed by atoms with E-state index >= 15 is 0 Å². The standard InChI is InChI=1S/C26H28N4O3S/c1-16-13-21(17(2)30(16)19-8-5-7-18(14-19)25(31)32)24-23(22-10-3-4-11-27-22)28-26(34)29(24)15-20-9-6-12-33-20/h3-5,7-8,10-11,13-14,20,23-24H,6,9,12,15H2,1-2H3,(H,28,34)(H,31,32)/t20-,23-,24-/m0/s1. The number of thiocarbonyl (C=S) groups is 1. The van der Waals surface area contributed by atoms with E-state index in [0.29, 0.717) is 5.11 Å². The van der Waals surface area contributed by atoms with Crippen LogP contribution >= 0.6 is 12.2 Å². The van der Waals surface area contributed by atoms with Gasteiger partial charge in [0.1, 0.15) is 0 Å². The van der Waals surface area contributed by atoms with Crippen molar-refractivity contribution in [3.8, 4) is 5.69 Å². The minimum absolute atomic E-state index is 0.0609. The number of aryl methyl sites for hydroxylation is 1. The van der Waals surface area contributed by atoms with E-state index in [0.717, 1.165) is 54.3 Å². The van der Waals surface area contributed by atoms with Gasteiger partial charge < -0.3 is 24.6 Å². The number of hydrogen-bond donors (Lipinski definition) is 2. The molecule has 3 aromatic rings. The van der Waals surface area contributed by atoms with Gasteiger partial charge in [0.15, 0.2) is 5.11 Å².